The van der Waals surface area contributed by atoms with Gasteiger partial charge in [-0.15, -0.1) is 0 Å². The normalized spacial score (nSPS) is 14.8. The molecule has 1 aliphatic heterocycles. The third-order valence-corrected chi connectivity index (χ3v) is 3.01. The number of hydrogen-bond acceptors (Lipinski definition) is 4. The third-order valence-electron chi connectivity index (χ3n) is 3.01. The molecule has 0 bridgehead atoms. The molecule has 1 unspecified atom stereocenters. The zero-order valence-corrected chi connectivity index (χ0v) is 11.2. The molecule has 0 radical (unpaired) electrons. The number of nitrogens with one attached hydrogen (secondary N) is 3. The summed E-state index contributed by atoms with van der Waals surface area (Å²) >= 11 is 0. The molecule has 1 aromatic rings. The van der Waals surface area contributed by atoms with Crippen LogP contribution in [0.2, 0.25) is 0 Å². The van der Waals surface area contributed by atoms with Gasteiger partial charge in [-0.25, -0.2) is 4.79 Å². The summed E-state index contributed by atoms with van der Waals surface area (Å²) in [5, 5.41) is 8.53. The van der Waals surface area contributed by atoms with Crippen molar-refractivity contribution < 1.29 is 14.3 Å². The van der Waals surface area contributed by atoms with Gasteiger partial charge in [0.15, 0.2) is 6.61 Å². The molecule has 0 saturated heterocycles. The number of nitrogens with two attached hydrogens (primary N) is 1. The molecule has 1 atom stereocenters. The molecule has 20 heavy (non-hydrogen) atoms. The summed E-state index contributed by atoms with van der Waals surface area (Å²) in [5.74, 6) is 0.525. The zero-order valence-electron chi connectivity index (χ0n) is 11.2. The third kappa shape index (κ3) is 3.61. The second-order valence-electron chi connectivity index (χ2n) is 4.56. The molecule has 0 saturated carbocycles. The second-order valence-corrected chi connectivity index (χ2v) is 4.56. The van der Waals surface area contributed by atoms with Gasteiger partial charge in [0.2, 0.25) is 0 Å². The van der Waals surface area contributed by atoms with Crippen LogP contribution in [0.5, 0.6) is 5.75 Å². The lowest BCUT2D eigenvalue weighted by atomic mass is 10.1. The molecule has 2 rings (SSSR count). The van der Waals surface area contributed by atoms with Gasteiger partial charge in [-0.3, -0.25) is 4.79 Å². The van der Waals surface area contributed by atoms with Crippen LogP contribution in [0.3, 0.4) is 0 Å². The molecular formula is C13H18N4O3. The van der Waals surface area contributed by atoms with Crippen molar-refractivity contribution in [2.75, 3.05) is 25.0 Å². The number of urea groups is 1. The van der Waals surface area contributed by atoms with E-state index in [9.17, 15) is 9.59 Å². The average molecular weight is 278 g/mol. The molecule has 1 heterocycles. The predicted molar refractivity (Wildman–Crippen MR) is 74.6 cm³/mol. The van der Waals surface area contributed by atoms with E-state index in [0.29, 0.717) is 24.5 Å². The van der Waals surface area contributed by atoms with E-state index in [0.717, 1.165) is 5.56 Å². The Hall–Kier alpha value is -2.28. The Morgan fingerprint density at radius 3 is 3.05 bits per heavy atom. The van der Waals surface area contributed by atoms with Gasteiger partial charge < -0.3 is 26.4 Å². The summed E-state index contributed by atoms with van der Waals surface area (Å²) in [6.07, 6.45) is 0. The highest BCUT2D eigenvalue weighted by atomic mass is 16.5. The fourth-order valence-electron chi connectivity index (χ4n) is 1.96. The van der Waals surface area contributed by atoms with E-state index in [-0.39, 0.29) is 18.6 Å². The summed E-state index contributed by atoms with van der Waals surface area (Å²) in [7, 11) is 0. The number of hydrogen-bond donors (Lipinski definition) is 4. The van der Waals surface area contributed by atoms with E-state index >= 15 is 0 Å². The van der Waals surface area contributed by atoms with Gasteiger partial charge in [-0.05, 0) is 24.6 Å². The second kappa shape index (κ2) is 6.25. The quantitative estimate of drug-likeness (QED) is 0.583. The Labute approximate surface area is 116 Å². The molecule has 7 heteroatoms. The maximum atomic E-state index is 11.3. The number of ether oxygens (including phenoxy) is 1. The topological polar surface area (TPSA) is 105 Å². The molecule has 5 N–H and O–H groups in total. The van der Waals surface area contributed by atoms with Gasteiger partial charge in [0, 0.05) is 19.1 Å². The van der Waals surface area contributed by atoms with Gasteiger partial charge in [-0.1, -0.05) is 6.07 Å². The molecule has 0 aliphatic carbocycles. The smallest absolute Gasteiger partial charge is 0.312 e. The summed E-state index contributed by atoms with van der Waals surface area (Å²) in [5.41, 5.74) is 6.68. The maximum Gasteiger partial charge on any atom is 0.312 e. The lowest BCUT2D eigenvalue weighted by Gasteiger charge is -2.21. The van der Waals surface area contributed by atoms with E-state index in [4.69, 9.17) is 10.5 Å². The summed E-state index contributed by atoms with van der Waals surface area (Å²) in [6.45, 7) is 3.12. The highest BCUT2D eigenvalue weighted by molar-refractivity contribution is 5.95. The van der Waals surface area contributed by atoms with Crippen LogP contribution >= 0.6 is 0 Å². The SMILES string of the molecule is CC(NCCNC(N)=O)c1ccc2c(c1)NC(=O)CO2. The zero-order chi connectivity index (χ0) is 14.5. The number of amides is 3. The minimum Gasteiger partial charge on any atom is -0.482 e. The number of carbonyl (C=O) groups excluding carboxylic acids is 2. The van der Waals surface area contributed by atoms with E-state index in [1.165, 1.54) is 0 Å². The molecule has 0 spiro atoms. The molecular weight excluding hydrogens is 260 g/mol. The van der Waals surface area contributed by atoms with Gasteiger partial charge in [0.1, 0.15) is 5.75 Å². The van der Waals surface area contributed by atoms with E-state index < -0.39 is 6.03 Å². The molecule has 0 aromatic heterocycles. The number of anilines is 1. The van der Waals surface area contributed by atoms with E-state index in [1.807, 2.05) is 25.1 Å². The lowest BCUT2D eigenvalue weighted by molar-refractivity contribution is -0.118. The number of primary amides is 1. The van der Waals surface area contributed by atoms with Crippen LogP contribution in [0.1, 0.15) is 18.5 Å². The van der Waals surface area contributed by atoms with Crippen LogP contribution in [0, 0.1) is 0 Å². The number of benzene rings is 1. The Kier molecular flexibility index (Phi) is 4.41. The number of carbonyl (C=O) groups is 2. The largest absolute Gasteiger partial charge is 0.482 e. The first kappa shape index (κ1) is 14.1. The molecule has 7 nitrogen and oxygen atoms in total. The van der Waals surface area contributed by atoms with Crippen LogP contribution in [0.4, 0.5) is 10.5 Å². The first-order valence-corrected chi connectivity index (χ1v) is 6.39. The lowest BCUT2D eigenvalue weighted by Crippen LogP contribution is -2.36. The van der Waals surface area contributed by atoms with Gasteiger partial charge in [-0.2, -0.15) is 0 Å². The highest BCUT2D eigenvalue weighted by Gasteiger charge is 2.17. The Balaban J connectivity index is 1.93. The van der Waals surface area contributed by atoms with Crippen LogP contribution in [-0.2, 0) is 4.79 Å². The maximum absolute atomic E-state index is 11.3. The van der Waals surface area contributed by atoms with Crippen molar-refractivity contribution in [1.29, 1.82) is 0 Å². The molecule has 1 aliphatic rings. The first-order chi connectivity index (χ1) is 9.56. The number of fused-ring (bicyclic) bond motifs is 1. The molecule has 3 amide bonds. The van der Waals surface area contributed by atoms with Crippen LogP contribution in [0.25, 0.3) is 0 Å². The summed E-state index contributed by atoms with van der Waals surface area (Å²) in [4.78, 5) is 21.8. The Bertz CT molecular complexity index is 518. The van der Waals surface area contributed by atoms with E-state index in [2.05, 4.69) is 16.0 Å². The van der Waals surface area contributed by atoms with Crippen molar-refractivity contribution in [3.05, 3.63) is 23.8 Å². The summed E-state index contributed by atoms with van der Waals surface area (Å²) < 4.78 is 5.30. The molecule has 108 valence electrons. The van der Waals surface area contributed by atoms with Crippen molar-refractivity contribution in [2.45, 2.75) is 13.0 Å². The van der Waals surface area contributed by atoms with Crippen molar-refractivity contribution in [1.82, 2.24) is 10.6 Å². The van der Waals surface area contributed by atoms with Gasteiger partial charge in [0.05, 0.1) is 5.69 Å². The van der Waals surface area contributed by atoms with Gasteiger partial charge >= 0.3 is 6.03 Å². The predicted octanol–water partition coefficient (Wildman–Crippen LogP) is 0.336. The average Bonchev–Trinajstić information content (AvgIpc) is 2.42. The molecule has 1 aromatic carbocycles. The Morgan fingerprint density at radius 1 is 1.50 bits per heavy atom. The van der Waals surface area contributed by atoms with Crippen molar-refractivity contribution in [2.24, 2.45) is 5.73 Å². The van der Waals surface area contributed by atoms with Crippen molar-refractivity contribution in [3.8, 4) is 5.75 Å². The number of rotatable bonds is 5. The van der Waals surface area contributed by atoms with Crippen LogP contribution in [-0.4, -0.2) is 31.6 Å². The molecule has 0 fully saturated rings. The van der Waals surface area contributed by atoms with Crippen LogP contribution in [0.15, 0.2) is 18.2 Å². The van der Waals surface area contributed by atoms with Crippen molar-refractivity contribution in [3.63, 3.8) is 0 Å². The minimum atomic E-state index is -0.534. The fraction of sp³-hybridized carbons (Fsp3) is 0.385. The standard InChI is InChI=1S/C13H18N4O3/c1-8(15-4-5-16-13(14)19)9-2-3-11-10(6-9)17-12(18)7-20-11/h2-3,6,8,15H,4-5,7H2,1H3,(H,17,18)(H3,14,16,19). The Morgan fingerprint density at radius 2 is 2.30 bits per heavy atom. The first-order valence-electron chi connectivity index (χ1n) is 6.39. The fourth-order valence-corrected chi connectivity index (χ4v) is 1.96. The van der Waals surface area contributed by atoms with E-state index in [1.54, 1.807) is 0 Å². The van der Waals surface area contributed by atoms with Crippen LogP contribution < -0.4 is 26.4 Å². The van der Waals surface area contributed by atoms with Gasteiger partial charge in [0.25, 0.3) is 5.91 Å². The summed E-state index contributed by atoms with van der Waals surface area (Å²) in [6, 6.07) is 5.20. The highest BCUT2D eigenvalue weighted by Crippen LogP contribution is 2.30. The van der Waals surface area contributed by atoms with Crippen molar-refractivity contribution >= 4 is 17.6 Å². The monoisotopic (exact) mass is 278 g/mol. The minimum absolute atomic E-state index is 0.0545.